The van der Waals surface area contributed by atoms with Gasteiger partial charge >= 0.3 is 5.97 Å². The molecule has 0 fully saturated rings. The summed E-state index contributed by atoms with van der Waals surface area (Å²) in [5.74, 6) is -0.979. The fraction of sp³-hybridized carbons (Fsp3) is 0.125. The molecule has 0 saturated carbocycles. The maximum atomic E-state index is 10.9. The van der Waals surface area contributed by atoms with Crippen LogP contribution in [-0.2, 0) is 7.05 Å². The summed E-state index contributed by atoms with van der Waals surface area (Å²) < 4.78 is 2.05. The van der Waals surface area contributed by atoms with Gasteiger partial charge in [-0.1, -0.05) is 0 Å². The number of aryl methyl sites for hydroxylation is 1. The highest BCUT2D eigenvalue weighted by Crippen LogP contribution is 2.22. The molecule has 2 heterocycles. The lowest BCUT2D eigenvalue weighted by Gasteiger charge is -1.97. The van der Waals surface area contributed by atoms with E-state index in [0.717, 1.165) is 0 Å². The van der Waals surface area contributed by atoms with Gasteiger partial charge in [-0.15, -0.1) is 0 Å². The molecule has 2 aromatic heterocycles. The number of carboxylic acids is 1. The molecule has 0 radical (unpaired) electrons. The van der Waals surface area contributed by atoms with Crippen molar-refractivity contribution in [3.05, 3.63) is 22.4 Å². The summed E-state index contributed by atoms with van der Waals surface area (Å²) >= 11 is 3.21. The van der Waals surface area contributed by atoms with E-state index in [2.05, 4.69) is 26.0 Å². The molecular formula is C8H6BrN3O2. The van der Waals surface area contributed by atoms with Gasteiger partial charge < -0.3 is 5.11 Å². The normalized spacial score (nSPS) is 10.7. The quantitative estimate of drug-likeness (QED) is 0.837. The molecule has 72 valence electrons. The van der Waals surface area contributed by atoms with Crippen molar-refractivity contribution in [3.63, 3.8) is 0 Å². The Balaban J connectivity index is 2.92. The van der Waals surface area contributed by atoms with Crippen molar-refractivity contribution in [3.8, 4) is 0 Å². The Hall–Kier alpha value is -1.43. The van der Waals surface area contributed by atoms with Crippen molar-refractivity contribution in [1.29, 1.82) is 0 Å². The topological polar surface area (TPSA) is 68.0 Å². The highest BCUT2D eigenvalue weighted by atomic mass is 79.9. The van der Waals surface area contributed by atoms with Gasteiger partial charge in [-0.3, -0.25) is 9.67 Å². The number of carboxylic acid groups (broad SMARTS) is 1. The summed E-state index contributed by atoms with van der Waals surface area (Å²) in [7, 11) is 1.68. The first kappa shape index (κ1) is 9.14. The van der Waals surface area contributed by atoms with Crippen molar-refractivity contribution in [2.45, 2.75) is 0 Å². The van der Waals surface area contributed by atoms with E-state index < -0.39 is 5.97 Å². The number of aromatic nitrogens is 3. The van der Waals surface area contributed by atoms with Crippen LogP contribution in [0.15, 0.2) is 16.9 Å². The van der Waals surface area contributed by atoms with Crippen LogP contribution in [0.5, 0.6) is 0 Å². The van der Waals surface area contributed by atoms with Gasteiger partial charge in [0.15, 0.2) is 4.60 Å². The number of carbonyl (C=O) groups is 1. The minimum atomic E-state index is -0.979. The van der Waals surface area contributed by atoms with E-state index in [4.69, 9.17) is 5.11 Å². The average Bonchev–Trinajstić information content (AvgIpc) is 2.43. The molecule has 0 aliphatic heterocycles. The Morgan fingerprint density at radius 3 is 3.00 bits per heavy atom. The van der Waals surface area contributed by atoms with E-state index in [0.29, 0.717) is 15.6 Å². The van der Waals surface area contributed by atoms with Crippen molar-refractivity contribution in [2.75, 3.05) is 0 Å². The van der Waals surface area contributed by atoms with Gasteiger partial charge in [0.25, 0.3) is 0 Å². The summed E-state index contributed by atoms with van der Waals surface area (Å²) in [5, 5.41) is 13.0. The lowest BCUT2D eigenvalue weighted by molar-refractivity contribution is 0.0698. The van der Waals surface area contributed by atoms with Crippen LogP contribution in [0.25, 0.3) is 11.0 Å². The number of fused-ring (bicyclic) bond motifs is 1. The number of halogens is 1. The second-order valence-electron chi connectivity index (χ2n) is 2.78. The molecular weight excluding hydrogens is 250 g/mol. The molecule has 0 aromatic carbocycles. The first-order valence-corrected chi connectivity index (χ1v) is 4.61. The van der Waals surface area contributed by atoms with Gasteiger partial charge in [-0.25, -0.2) is 4.79 Å². The van der Waals surface area contributed by atoms with Crippen LogP contribution in [0.4, 0.5) is 0 Å². The summed E-state index contributed by atoms with van der Waals surface area (Å²) in [6, 6.07) is 1.46. The highest BCUT2D eigenvalue weighted by Gasteiger charge is 2.15. The monoisotopic (exact) mass is 255 g/mol. The largest absolute Gasteiger partial charge is 0.478 e. The fourth-order valence-corrected chi connectivity index (χ4v) is 1.86. The number of hydrogen-bond donors (Lipinski definition) is 1. The highest BCUT2D eigenvalue weighted by molar-refractivity contribution is 9.10. The summed E-state index contributed by atoms with van der Waals surface area (Å²) in [6.07, 6.45) is 1.46. The third-order valence-electron chi connectivity index (χ3n) is 1.91. The van der Waals surface area contributed by atoms with E-state index in [-0.39, 0.29) is 5.56 Å². The standard InChI is InChI=1S/C8H6BrN3O2/c1-12-6-4(8(13)14)2-3-10-5(6)7(9)11-12/h2-3H,1H3,(H,13,14). The Morgan fingerprint density at radius 1 is 1.64 bits per heavy atom. The van der Waals surface area contributed by atoms with Crippen molar-refractivity contribution in [2.24, 2.45) is 7.05 Å². The third kappa shape index (κ3) is 1.19. The lowest BCUT2D eigenvalue weighted by atomic mass is 10.2. The molecule has 14 heavy (non-hydrogen) atoms. The van der Waals surface area contributed by atoms with Crippen molar-refractivity contribution in [1.82, 2.24) is 14.8 Å². The Bertz CT molecular complexity index is 521. The molecule has 2 aromatic rings. The van der Waals surface area contributed by atoms with Crippen LogP contribution in [0.1, 0.15) is 10.4 Å². The van der Waals surface area contributed by atoms with Crippen LogP contribution in [0.2, 0.25) is 0 Å². The van der Waals surface area contributed by atoms with Crippen LogP contribution < -0.4 is 0 Å². The molecule has 0 aliphatic rings. The molecule has 0 bridgehead atoms. The van der Waals surface area contributed by atoms with Crippen LogP contribution >= 0.6 is 15.9 Å². The first-order valence-electron chi connectivity index (χ1n) is 3.81. The molecule has 0 aliphatic carbocycles. The molecule has 0 amide bonds. The predicted octanol–water partition coefficient (Wildman–Crippen LogP) is 1.43. The minimum Gasteiger partial charge on any atom is -0.478 e. The predicted molar refractivity (Wildman–Crippen MR) is 53.2 cm³/mol. The molecule has 1 N–H and O–H groups in total. The van der Waals surface area contributed by atoms with E-state index in [1.54, 1.807) is 7.05 Å². The van der Waals surface area contributed by atoms with Crippen LogP contribution in [0, 0.1) is 0 Å². The molecule has 6 heteroatoms. The second-order valence-corrected chi connectivity index (χ2v) is 3.53. The van der Waals surface area contributed by atoms with Crippen LogP contribution in [0.3, 0.4) is 0 Å². The number of nitrogens with zero attached hydrogens (tertiary/aromatic N) is 3. The second kappa shape index (κ2) is 3.06. The zero-order valence-corrected chi connectivity index (χ0v) is 8.82. The summed E-state index contributed by atoms with van der Waals surface area (Å²) in [6.45, 7) is 0. The third-order valence-corrected chi connectivity index (χ3v) is 2.45. The Morgan fingerprint density at radius 2 is 2.36 bits per heavy atom. The van der Waals surface area contributed by atoms with E-state index >= 15 is 0 Å². The number of rotatable bonds is 1. The maximum absolute atomic E-state index is 10.9. The molecule has 2 rings (SSSR count). The number of aromatic carboxylic acids is 1. The molecule has 0 atom stereocenters. The van der Waals surface area contributed by atoms with Gasteiger partial charge in [0, 0.05) is 13.2 Å². The average molecular weight is 256 g/mol. The first-order chi connectivity index (χ1) is 6.61. The van der Waals surface area contributed by atoms with Gasteiger partial charge in [-0.2, -0.15) is 5.10 Å². The number of pyridine rings is 1. The van der Waals surface area contributed by atoms with E-state index in [1.807, 2.05) is 0 Å². The molecule has 0 spiro atoms. The molecule has 5 nitrogen and oxygen atoms in total. The SMILES string of the molecule is Cn1nc(Br)c2nccc(C(=O)O)c21. The van der Waals surface area contributed by atoms with Gasteiger partial charge in [0.05, 0.1) is 5.56 Å². The summed E-state index contributed by atoms with van der Waals surface area (Å²) in [5.41, 5.74) is 1.29. The zero-order chi connectivity index (χ0) is 10.3. The Kier molecular flexibility index (Phi) is 1.99. The zero-order valence-electron chi connectivity index (χ0n) is 7.23. The Labute approximate surface area is 87.5 Å². The van der Waals surface area contributed by atoms with Gasteiger partial charge in [0.2, 0.25) is 0 Å². The van der Waals surface area contributed by atoms with E-state index in [1.165, 1.54) is 16.9 Å². The van der Waals surface area contributed by atoms with Crippen molar-refractivity contribution < 1.29 is 9.90 Å². The van der Waals surface area contributed by atoms with Crippen LogP contribution in [-0.4, -0.2) is 25.8 Å². The smallest absolute Gasteiger partial charge is 0.338 e. The van der Waals surface area contributed by atoms with Gasteiger partial charge in [-0.05, 0) is 22.0 Å². The maximum Gasteiger partial charge on any atom is 0.338 e. The van der Waals surface area contributed by atoms with Crippen molar-refractivity contribution >= 4 is 32.9 Å². The number of hydrogen-bond acceptors (Lipinski definition) is 3. The summed E-state index contributed by atoms with van der Waals surface area (Å²) in [4.78, 5) is 14.9. The molecule has 0 saturated heterocycles. The molecule has 0 unspecified atom stereocenters. The van der Waals surface area contributed by atoms with Gasteiger partial charge in [0.1, 0.15) is 11.0 Å². The lowest BCUT2D eigenvalue weighted by Crippen LogP contribution is -2.01. The van der Waals surface area contributed by atoms with E-state index in [9.17, 15) is 4.79 Å². The minimum absolute atomic E-state index is 0.204. The fourth-order valence-electron chi connectivity index (χ4n) is 1.33.